The SMILES string of the molecule is [Rf].[Rf].[Rf].[Rf].[Rf].[Rf].[Rf].[Rf].[Rf].[Rf].[Rf].[Rf].[Rf].[Rf].[Rf].[Rf].[Rf].[Rf].[Rf].[Rf].[Rf].[Rf].[Rf].[Rf].[Rf].[Rf].[Rf].[Rf].[Rf].[Rf].[Rf].[Rf].[Rf].[Rf].[Rf].[Rf].[Rf].[Rf].[Rf].[Rf].[Rf].[Rf]. The maximum Gasteiger partial charge on any atom is 0 e. The van der Waals surface area contributed by atoms with Gasteiger partial charge in [-0.15, -0.1) is 0 Å². The van der Waals surface area contributed by atoms with E-state index in [0.29, 0.717) is 0 Å². The molecule has 0 aliphatic heterocycles. The average molecular weight is 11200 g/mol. The summed E-state index contributed by atoms with van der Waals surface area (Å²) in [5.74, 6) is 0. The predicted molar refractivity (Wildman–Crippen MR) is 0 cm³/mol. The summed E-state index contributed by atoms with van der Waals surface area (Å²) in [5.41, 5.74) is 0. The molecule has 42 heteroatoms. The normalized spacial score (nSPS) is 0. The van der Waals surface area contributed by atoms with Crippen LogP contribution in [0.5, 0.6) is 0 Å². The molecule has 0 fully saturated rings. The van der Waals surface area contributed by atoms with E-state index in [0.717, 1.165) is 0 Å². The summed E-state index contributed by atoms with van der Waals surface area (Å²) >= 11 is 0. The monoisotopic (exact) mass is 11200 g/mol. The van der Waals surface area contributed by atoms with Gasteiger partial charge in [0.25, 0.3) is 0 Å². The van der Waals surface area contributed by atoms with Crippen molar-refractivity contribution in [2.75, 3.05) is 0 Å². The van der Waals surface area contributed by atoms with E-state index in [4.69, 9.17) is 0 Å². The minimum absolute atomic E-state index is 0. The maximum atomic E-state index is 0. The molecule has 0 aromatic heterocycles. The topological polar surface area (TPSA) is 0 Å². The van der Waals surface area contributed by atoms with Crippen molar-refractivity contribution in [1.82, 2.24) is 0 Å². The van der Waals surface area contributed by atoms with Crippen LogP contribution >= 0.6 is 0 Å². The van der Waals surface area contributed by atoms with Gasteiger partial charge in [0.15, 0.2) is 0 Å². The van der Waals surface area contributed by atoms with Crippen LogP contribution in [0.4, 0.5) is 0 Å². The Balaban J connectivity index is 0. The van der Waals surface area contributed by atoms with Crippen molar-refractivity contribution >= 4 is 0 Å². The fraction of sp³-hybridized carbons (Fsp3) is 0. The van der Waals surface area contributed by atoms with E-state index in [1.54, 1.807) is 0 Å². The number of hydrogen-bond acceptors (Lipinski definition) is 0. The molecule has 0 aliphatic rings. The van der Waals surface area contributed by atoms with Crippen LogP contribution in [-0.4, -0.2) is 0 Å². The van der Waals surface area contributed by atoms with E-state index >= 15 is 0 Å². The van der Waals surface area contributed by atoms with Gasteiger partial charge in [0.1, 0.15) is 0 Å². The zero-order valence-corrected chi connectivity index (χ0v) is 298. The second kappa shape index (κ2) is -0.00227. The Morgan fingerprint density at radius 3 is 0.0238 bits per heavy atom. The van der Waals surface area contributed by atoms with E-state index in [-0.39, 0.29) is 0 Å². The quantitative estimate of drug-likeness (QED) is 0.321. The van der Waals surface area contributed by atoms with E-state index in [9.17, 15) is 0 Å². The molecule has 0 heterocycles. The molecule has 0 saturated heterocycles. The van der Waals surface area contributed by atoms with Crippen LogP contribution in [0, 0.1) is 0 Å². The fourth-order valence-electron chi connectivity index (χ4n) is 0. The van der Waals surface area contributed by atoms with Crippen molar-refractivity contribution in [3.63, 3.8) is 0 Å². The average Bonchev–Trinajstić information content (AvgIpc) is 0. The first kappa shape index (κ1) is 0. The minimum atomic E-state index is 0. The van der Waals surface area contributed by atoms with Crippen LogP contribution in [0.25, 0.3) is 0 Å². The van der Waals surface area contributed by atoms with Crippen molar-refractivity contribution in [2.24, 2.45) is 0 Å². The molecule has 84 valence electrons. The molecular weight excluding hydrogens is 11200 g/mol. The smallest absolute Gasteiger partial charge is 0 e. The maximum absolute atomic E-state index is 0. The van der Waals surface area contributed by atoms with Gasteiger partial charge >= 0.3 is 0 Å². The fourth-order valence-corrected chi connectivity index (χ4v) is 0. The second-order valence-corrected chi connectivity index (χ2v) is 0. The first-order chi connectivity index (χ1) is 0. The van der Waals surface area contributed by atoms with Gasteiger partial charge in [-0.3, -0.25) is 0 Å². The number of rotatable bonds is 0. The van der Waals surface area contributed by atoms with Crippen LogP contribution in [0.2, 0.25) is 0 Å². The molecule has 0 aromatic rings. The van der Waals surface area contributed by atoms with Crippen molar-refractivity contribution in [2.45, 2.75) is 0 Å². The standard InChI is InChI=1S/42Rf. The summed E-state index contributed by atoms with van der Waals surface area (Å²) in [5, 5.41) is 0. The third-order valence-electron chi connectivity index (χ3n) is 0. The molecular formula is Rf42. The molecule has 0 unspecified atom stereocenters. The summed E-state index contributed by atoms with van der Waals surface area (Å²) in [4.78, 5) is 0. The van der Waals surface area contributed by atoms with Gasteiger partial charge in [-0.1, -0.05) is 0 Å². The second-order valence-electron chi connectivity index (χ2n) is 0. The van der Waals surface area contributed by atoms with Gasteiger partial charge in [0.05, 0.1) is 0 Å². The molecule has 0 atom stereocenters. The third-order valence-corrected chi connectivity index (χ3v) is 0. The molecule has 0 bridgehead atoms. The van der Waals surface area contributed by atoms with Crippen molar-refractivity contribution in [1.29, 1.82) is 0 Å². The predicted octanol–water partition coefficient (Wildman–Crippen LogP) is 0. The van der Waals surface area contributed by atoms with Crippen LogP contribution in [0.1, 0.15) is 0 Å². The summed E-state index contributed by atoms with van der Waals surface area (Å²) < 4.78 is 0. The van der Waals surface area contributed by atoms with E-state index in [2.05, 4.69) is 0 Å². The molecule has 0 spiro atoms. The van der Waals surface area contributed by atoms with E-state index in [1.165, 1.54) is 0 Å². The first-order valence-corrected chi connectivity index (χ1v) is 0. The Morgan fingerprint density at radius 2 is 0.0238 bits per heavy atom. The molecule has 0 radical (unpaired) electrons. The van der Waals surface area contributed by atoms with Crippen LogP contribution in [0.15, 0.2) is 0 Å². The molecule has 42 heavy (non-hydrogen) atoms. The Bertz CT molecular complexity index is 0. The zero-order valence-electron chi connectivity index (χ0n) is 29.7. The van der Waals surface area contributed by atoms with E-state index in [1.807, 2.05) is 0 Å². The molecule has 0 N–H and O–H groups in total. The largest absolute Gasteiger partial charge is 0 e. The Morgan fingerprint density at radius 1 is 0.0238 bits per heavy atom. The van der Waals surface area contributed by atoms with Crippen molar-refractivity contribution in [3.8, 4) is 0 Å². The Hall–Kier alpha value is -42.0. The van der Waals surface area contributed by atoms with Gasteiger partial charge in [0, 0.05) is 0 Å². The Labute approximate surface area is 0 Å². The molecule has 0 saturated carbocycles. The van der Waals surface area contributed by atoms with Gasteiger partial charge in [-0.2, -0.15) is 0 Å². The molecule has 0 aromatic carbocycles. The van der Waals surface area contributed by atoms with Crippen molar-refractivity contribution in [3.05, 3.63) is 0 Å². The Kier molecular flexibility index (Phi) is 0. The van der Waals surface area contributed by atoms with E-state index < -0.39 is 0 Å². The minimum Gasteiger partial charge on any atom is 0 e. The molecule has 0 aliphatic carbocycles. The molecule has 0 amide bonds. The molecule has 0 rings (SSSR count). The first-order valence-electron chi connectivity index (χ1n) is 0. The van der Waals surface area contributed by atoms with Gasteiger partial charge < -0.3 is 0 Å². The van der Waals surface area contributed by atoms with Gasteiger partial charge in [0.2, 0.25) is 0 Å². The van der Waals surface area contributed by atoms with Gasteiger partial charge in [-0.25, -0.2) is 0 Å². The summed E-state index contributed by atoms with van der Waals surface area (Å²) in [6, 6.07) is 0. The summed E-state index contributed by atoms with van der Waals surface area (Å²) in [6.07, 6.45) is 0. The number of hydrogen-bond donors (Lipinski definition) is 0. The zero-order chi connectivity index (χ0) is 0. The van der Waals surface area contributed by atoms with Crippen LogP contribution in [0.3, 0.4) is 0 Å². The van der Waals surface area contributed by atoms with Gasteiger partial charge in [-0.05, 0) is 0 Å². The van der Waals surface area contributed by atoms with Crippen LogP contribution in [-0.2, 0) is 0 Å². The summed E-state index contributed by atoms with van der Waals surface area (Å²) in [7, 11) is 0. The molecule has 0 nitrogen and oxygen atoms in total. The third kappa shape index (κ3) is -0.0102. The van der Waals surface area contributed by atoms with Crippen LogP contribution < -0.4 is 0 Å². The van der Waals surface area contributed by atoms with Crippen molar-refractivity contribution < 1.29 is 0 Å². The summed E-state index contributed by atoms with van der Waals surface area (Å²) in [6.45, 7) is 0.